The van der Waals surface area contributed by atoms with Crippen LogP contribution in [0.1, 0.15) is 0 Å². The van der Waals surface area contributed by atoms with Gasteiger partial charge in [0.05, 0.1) is 0 Å². The fourth-order valence-electron chi connectivity index (χ4n) is 8.80. The van der Waals surface area contributed by atoms with Crippen molar-refractivity contribution in [1.82, 2.24) is 0 Å². The van der Waals surface area contributed by atoms with Gasteiger partial charge >= 0.3 is 0 Å². The Labute approximate surface area is 369 Å². The maximum Gasteiger partial charge on any atom is 0.0462 e. The minimum absolute atomic E-state index is 1.10. The molecule has 0 aromatic heterocycles. The van der Waals surface area contributed by atoms with Gasteiger partial charge in [-0.05, 0) is 143 Å². The standard InChI is InChI=1S/C62H43N/c1-3-9-44(10-4-1)47-15-19-49(20-16-47)51-29-35-60(36-30-51)63(61-37-31-52(32-38-61)50-21-17-48(18-22-50)45-11-5-2-6-12-45)62-39-33-53(34-40-62)55-25-26-58-43-59(28-27-57(58)42-55)56-24-23-46-13-7-8-14-54(46)41-56/h1-43H. The highest BCUT2D eigenvalue weighted by Gasteiger charge is 2.15. The van der Waals surface area contributed by atoms with E-state index in [0.29, 0.717) is 0 Å². The van der Waals surface area contributed by atoms with E-state index in [2.05, 4.69) is 266 Å². The van der Waals surface area contributed by atoms with Crippen molar-refractivity contribution in [3.63, 3.8) is 0 Å². The molecule has 0 saturated carbocycles. The van der Waals surface area contributed by atoms with Crippen molar-refractivity contribution >= 4 is 38.6 Å². The molecular weight excluding hydrogens is 759 g/mol. The molecule has 11 aromatic carbocycles. The van der Waals surface area contributed by atoms with Crippen LogP contribution in [-0.4, -0.2) is 0 Å². The Morgan fingerprint density at radius 1 is 0.159 bits per heavy atom. The van der Waals surface area contributed by atoms with Gasteiger partial charge in [-0.2, -0.15) is 0 Å². The summed E-state index contributed by atoms with van der Waals surface area (Å²) in [6.07, 6.45) is 0. The van der Waals surface area contributed by atoms with Crippen LogP contribution >= 0.6 is 0 Å². The Bertz CT molecular complexity index is 3190. The van der Waals surface area contributed by atoms with Crippen LogP contribution in [0.15, 0.2) is 261 Å². The quantitative estimate of drug-likeness (QED) is 0.141. The van der Waals surface area contributed by atoms with Gasteiger partial charge in [-0.25, -0.2) is 0 Å². The van der Waals surface area contributed by atoms with E-state index in [9.17, 15) is 0 Å². The lowest BCUT2D eigenvalue weighted by Gasteiger charge is -2.26. The van der Waals surface area contributed by atoms with Crippen LogP contribution in [0, 0.1) is 0 Å². The molecule has 0 amide bonds. The lowest BCUT2D eigenvalue weighted by molar-refractivity contribution is 1.28. The molecule has 0 heterocycles. The summed E-state index contributed by atoms with van der Waals surface area (Å²) in [4.78, 5) is 2.35. The maximum atomic E-state index is 2.35. The second-order valence-electron chi connectivity index (χ2n) is 16.2. The molecule has 63 heavy (non-hydrogen) atoms. The fourth-order valence-corrected chi connectivity index (χ4v) is 8.80. The van der Waals surface area contributed by atoms with E-state index >= 15 is 0 Å². The number of hydrogen-bond acceptors (Lipinski definition) is 1. The van der Waals surface area contributed by atoms with E-state index in [1.165, 1.54) is 88.3 Å². The maximum absolute atomic E-state index is 2.35. The fraction of sp³-hybridized carbons (Fsp3) is 0. The predicted molar refractivity (Wildman–Crippen MR) is 269 cm³/mol. The molecule has 0 spiro atoms. The molecule has 0 unspecified atom stereocenters. The first-order valence-electron chi connectivity index (χ1n) is 21.6. The number of anilines is 3. The van der Waals surface area contributed by atoms with Gasteiger partial charge in [0.2, 0.25) is 0 Å². The molecule has 296 valence electrons. The van der Waals surface area contributed by atoms with Gasteiger partial charge in [-0.15, -0.1) is 0 Å². The minimum atomic E-state index is 1.10. The third kappa shape index (κ3) is 7.81. The van der Waals surface area contributed by atoms with Crippen LogP contribution in [0.25, 0.3) is 88.3 Å². The summed E-state index contributed by atoms with van der Waals surface area (Å²) in [5.41, 5.74) is 17.8. The van der Waals surface area contributed by atoms with Gasteiger partial charge in [0, 0.05) is 17.1 Å². The zero-order chi connectivity index (χ0) is 42.0. The second-order valence-corrected chi connectivity index (χ2v) is 16.2. The first-order chi connectivity index (χ1) is 31.2. The van der Waals surface area contributed by atoms with Crippen molar-refractivity contribution in [3.05, 3.63) is 261 Å². The third-order valence-electron chi connectivity index (χ3n) is 12.3. The summed E-state index contributed by atoms with van der Waals surface area (Å²) in [5.74, 6) is 0. The van der Waals surface area contributed by atoms with Crippen LogP contribution in [0.4, 0.5) is 17.1 Å². The van der Waals surface area contributed by atoms with Crippen molar-refractivity contribution in [2.75, 3.05) is 4.90 Å². The second kappa shape index (κ2) is 16.7. The number of fused-ring (bicyclic) bond motifs is 2. The minimum Gasteiger partial charge on any atom is -0.311 e. The average molecular weight is 802 g/mol. The largest absolute Gasteiger partial charge is 0.311 e. The number of nitrogens with zero attached hydrogens (tertiary/aromatic N) is 1. The van der Waals surface area contributed by atoms with Crippen molar-refractivity contribution in [3.8, 4) is 66.8 Å². The Kier molecular flexibility index (Phi) is 9.97. The van der Waals surface area contributed by atoms with Gasteiger partial charge < -0.3 is 4.90 Å². The van der Waals surface area contributed by atoms with Crippen LogP contribution in [0.5, 0.6) is 0 Å². The number of hydrogen-bond donors (Lipinski definition) is 0. The normalized spacial score (nSPS) is 11.2. The SMILES string of the molecule is c1ccc(-c2ccc(-c3ccc(N(c4ccc(-c5ccc(-c6ccccc6)cc5)cc4)c4ccc(-c5ccc6cc(-c7ccc8ccccc8c7)ccc6c5)cc4)cc3)cc2)cc1. The van der Waals surface area contributed by atoms with Crippen molar-refractivity contribution < 1.29 is 0 Å². The van der Waals surface area contributed by atoms with Crippen LogP contribution in [0.3, 0.4) is 0 Å². The molecule has 0 aliphatic rings. The van der Waals surface area contributed by atoms with Gasteiger partial charge in [0.25, 0.3) is 0 Å². The van der Waals surface area contributed by atoms with Crippen molar-refractivity contribution in [2.45, 2.75) is 0 Å². The summed E-state index contributed by atoms with van der Waals surface area (Å²) in [7, 11) is 0. The molecule has 11 aromatic rings. The van der Waals surface area contributed by atoms with E-state index in [-0.39, 0.29) is 0 Å². The predicted octanol–water partition coefficient (Wildman–Crippen LogP) is 17.5. The van der Waals surface area contributed by atoms with Gasteiger partial charge in [0.15, 0.2) is 0 Å². The summed E-state index contributed by atoms with van der Waals surface area (Å²) >= 11 is 0. The van der Waals surface area contributed by atoms with Gasteiger partial charge in [-0.3, -0.25) is 0 Å². The molecule has 0 bridgehead atoms. The smallest absolute Gasteiger partial charge is 0.0462 e. The molecule has 0 N–H and O–H groups in total. The van der Waals surface area contributed by atoms with E-state index in [4.69, 9.17) is 0 Å². The van der Waals surface area contributed by atoms with E-state index in [1.54, 1.807) is 0 Å². The molecule has 11 rings (SSSR count). The third-order valence-corrected chi connectivity index (χ3v) is 12.3. The zero-order valence-electron chi connectivity index (χ0n) is 34.8. The number of benzene rings is 11. The van der Waals surface area contributed by atoms with Crippen LogP contribution in [-0.2, 0) is 0 Å². The summed E-state index contributed by atoms with van der Waals surface area (Å²) in [6, 6.07) is 94.5. The zero-order valence-corrected chi connectivity index (χ0v) is 34.8. The molecule has 1 nitrogen and oxygen atoms in total. The highest BCUT2D eigenvalue weighted by atomic mass is 15.1. The molecule has 0 radical (unpaired) electrons. The molecule has 0 aliphatic carbocycles. The molecule has 0 atom stereocenters. The topological polar surface area (TPSA) is 3.24 Å². The molecule has 0 fully saturated rings. The highest BCUT2D eigenvalue weighted by molar-refractivity contribution is 5.93. The van der Waals surface area contributed by atoms with E-state index in [0.717, 1.165) is 17.1 Å². The Morgan fingerprint density at radius 3 is 0.746 bits per heavy atom. The summed E-state index contributed by atoms with van der Waals surface area (Å²) in [6.45, 7) is 0. The Morgan fingerprint density at radius 2 is 0.381 bits per heavy atom. The monoisotopic (exact) mass is 801 g/mol. The number of rotatable bonds is 9. The van der Waals surface area contributed by atoms with Crippen LogP contribution < -0.4 is 4.90 Å². The first-order valence-corrected chi connectivity index (χ1v) is 21.6. The molecule has 0 saturated heterocycles. The van der Waals surface area contributed by atoms with Gasteiger partial charge in [-0.1, -0.05) is 206 Å². The molecule has 1 heteroatoms. The van der Waals surface area contributed by atoms with Crippen molar-refractivity contribution in [2.24, 2.45) is 0 Å². The van der Waals surface area contributed by atoms with E-state index in [1.807, 2.05) is 0 Å². The average Bonchev–Trinajstić information content (AvgIpc) is 3.37. The highest BCUT2D eigenvalue weighted by Crippen LogP contribution is 2.39. The summed E-state index contributed by atoms with van der Waals surface area (Å²) < 4.78 is 0. The molecule has 0 aliphatic heterocycles. The van der Waals surface area contributed by atoms with Crippen molar-refractivity contribution in [1.29, 1.82) is 0 Å². The van der Waals surface area contributed by atoms with Crippen LogP contribution in [0.2, 0.25) is 0 Å². The molecular formula is C62H43N. The first kappa shape index (κ1) is 37.7. The summed E-state index contributed by atoms with van der Waals surface area (Å²) in [5, 5.41) is 4.99. The lowest BCUT2D eigenvalue weighted by Crippen LogP contribution is -2.09. The lowest BCUT2D eigenvalue weighted by atomic mass is 9.96. The Hall–Kier alpha value is -8.26. The van der Waals surface area contributed by atoms with E-state index < -0.39 is 0 Å². The van der Waals surface area contributed by atoms with Gasteiger partial charge in [0.1, 0.15) is 0 Å². The Balaban J connectivity index is 0.893.